The predicted octanol–water partition coefficient (Wildman–Crippen LogP) is 5.65. The van der Waals surface area contributed by atoms with Gasteiger partial charge in [-0.15, -0.1) is 0 Å². The molecule has 0 saturated carbocycles. The molecule has 0 aromatic heterocycles. The van der Waals surface area contributed by atoms with E-state index < -0.39 is 0 Å². The lowest BCUT2D eigenvalue weighted by atomic mass is 10.1. The summed E-state index contributed by atoms with van der Waals surface area (Å²) in [5.41, 5.74) is 2.25. The van der Waals surface area contributed by atoms with E-state index in [0.29, 0.717) is 6.42 Å². The summed E-state index contributed by atoms with van der Waals surface area (Å²) in [6.45, 7) is 0. The van der Waals surface area contributed by atoms with Crippen LogP contribution in [0.2, 0.25) is 0 Å². The molecule has 0 aliphatic heterocycles. The summed E-state index contributed by atoms with van der Waals surface area (Å²) in [4.78, 5) is 21.6. The number of unbranched alkanes of at least 4 members (excludes halogenated alkanes) is 1. The van der Waals surface area contributed by atoms with Crippen molar-refractivity contribution in [2.45, 2.75) is 33.1 Å². The van der Waals surface area contributed by atoms with Gasteiger partial charge in [0.25, 0.3) is 0 Å². The second kappa shape index (κ2) is 18.1. The Morgan fingerprint density at radius 3 is 2.12 bits per heavy atom. The van der Waals surface area contributed by atoms with Crippen LogP contribution in [0.25, 0.3) is 6.08 Å². The van der Waals surface area contributed by atoms with Crippen LogP contribution in [0.5, 0.6) is 11.5 Å². The number of rotatable bonds is 10. The van der Waals surface area contributed by atoms with Gasteiger partial charge in [0.15, 0.2) is 0 Å². The number of aryl methyl sites for hydroxylation is 1. The molecule has 180 valence electrons. The molecule has 0 aliphatic carbocycles. The molecular weight excluding hydrogens is 420 g/mol. The summed E-state index contributed by atoms with van der Waals surface area (Å²) in [6.07, 6.45) is 9.95. The molecule has 0 spiro atoms. The van der Waals surface area contributed by atoms with Gasteiger partial charge in [-0.1, -0.05) is 49.9 Å². The maximum atomic E-state index is 10.9. The van der Waals surface area contributed by atoms with E-state index in [2.05, 4.69) is 15.5 Å². The van der Waals surface area contributed by atoms with Crippen LogP contribution in [0, 0.1) is 0 Å². The van der Waals surface area contributed by atoms with Crippen molar-refractivity contribution in [1.29, 1.82) is 0 Å². The summed E-state index contributed by atoms with van der Waals surface area (Å²) in [5, 5.41) is 0. The molecule has 2 aromatic rings. The number of ether oxygens (including phenoxy) is 4. The van der Waals surface area contributed by atoms with Crippen molar-refractivity contribution in [3.8, 4) is 11.5 Å². The summed E-state index contributed by atoms with van der Waals surface area (Å²) in [6, 6.07) is 15.6. The zero-order chi connectivity index (χ0) is 23.6. The van der Waals surface area contributed by atoms with Gasteiger partial charge in [-0.25, -0.2) is 4.79 Å². The van der Waals surface area contributed by atoms with Crippen LogP contribution in [0.3, 0.4) is 0 Å². The van der Waals surface area contributed by atoms with Crippen LogP contribution in [0.4, 0.5) is 0 Å². The van der Waals surface area contributed by atoms with Crippen LogP contribution in [0.15, 0.2) is 66.8 Å². The van der Waals surface area contributed by atoms with Crippen molar-refractivity contribution >= 4 is 18.0 Å². The molecule has 0 fully saturated rings. The fraction of sp³-hybridized carbons (Fsp3) is 0.333. The molecule has 0 N–H and O–H groups in total. The van der Waals surface area contributed by atoms with Crippen molar-refractivity contribution in [1.82, 2.24) is 0 Å². The van der Waals surface area contributed by atoms with Gasteiger partial charge in [0.1, 0.15) is 11.5 Å². The number of hydrogen-bond donors (Lipinski definition) is 0. The molecule has 6 nitrogen and oxygen atoms in total. The Kier molecular flexibility index (Phi) is 16.1. The minimum absolute atomic E-state index is 0. The third kappa shape index (κ3) is 13.5. The standard InChI is InChI=1S/C13H18O3.C13H14O3.CH4/c2*1-15-12-8-5-7-11(10-12)6-3-4-9-13(14)16-2;/h5,7-8,10H,3-4,6,9H2,1-2H3;3-10H,1-2H3;1H4/b;6-3+,9-4+;. The van der Waals surface area contributed by atoms with Gasteiger partial charge in [-0.3, -0.25) is 4.79 Å². The lowest BCUT2D eigenvalue weighted by Gasteiger charge is -2.04. The lowest BCUT2D eigenvalue weighted by molar-refractivity contribution is -0.140. The maximum Gasteiger partial charge on any atom is 0.330 e. The third-order valence-corrected chi connectivity index (χ3v) is 4.39. The molecular formula is C27H36O6. The highest BCUT2D eigenvalue weighted by atomic mass is 16.5. The zero-order valence-electron chi connectivity index (χ0n) is 19.2. The fourth-order valence-corrected chi connectivity index (χ4v) is 2.64. The van der Waals surface area contributed by atoms with Crippen LogP contribution in [-0.2, 0) is 25.5 Å². The zero-order valence-corrected chi connectivity index (χ0v) is 19.2. The second-order valence-corrected chi connectivity index (χ2v) is 6.65. The molecule has 0 bridgehead atoms. The molecule has 0 amide bonds. The first-order chi connectivity index (χ1) is 15.5. The Labute approximate surface area is 197 Å². The van der Waals surface area contributed by atoms with Gasteiger partial charge in [0, 0.05) is 12.5 Å². The predicted molar refractivity (Wildman–Crippen MR) is 132 cm³/mol. The Balaban J connectivity index is 0.000000602. The quantitative estimate of drug-likeness (QED) is 0.199. The first-order valence-corrected chi connectivity index (χ1v) is 10.3. The molecule has 0 atom stereocenters. The van der Waals surface area contributed by atoms with Crippen LogP contribution < -0.4 is 9.47 Å². The van der Waals surface area contributed by atoms with E-state index in [1.54, 1.807) is 26.4 Å². The number of allylic oxidation sites excluding steroid dienone is 2. The van der Waals surface area contributed by atoms with E-state index >= 15 is 0 Å². The van der Waals surface area contributed by atoms with E-state index in [0.717, 1.165) is 36.3 Å². The number of carbonyl (C=O) groups excluding carboxylic acids is 2. The molecule has 2 rings (SSSR count). The third-order valence-electron chi connectivity index (χ3n) is 4.39. The molecule has 0 unspecified atom stereocenters. The summed E-state index contributed by atoms with van der Waals surface area (Å²) < 4.78 is 19.3. The Hall–Kier alpha value is -3.54. The number of carbonyl (C=O) groups is 2. The minimum atomic E-state index is -0.365. The molecule has 0 radical (unpaired) electrons. The molecule has 33 heavy (non-hydrogen) atoms. The smallest absolute Gasteiger partial charge is 0.330 e. The molecule has 2 aromatic carbocycles. The van der Waals surface area contributed by atoms with Gasteiger partial charge in [-0.05, 0) is 54.7 Å². The molecule has 6 heteroatoms. The van der Waals surface area contributed by atoms with E-state index in [9.17, 15) is 9.59 Å². The minimum Gasteiger partial charge on any atom is -0.497 e. The summed E-state index contributed by atoms with van der Waals surface area (Å²) >= 11 is 0. The highest BCUT2D eigenvalue weighted by Crippen LogP contribution is 2.15. The number of methoxy groups -OCH3 is 4. The monoisotopic (exact) mass is 456 g/mol. The van der Waals surface area contributed by atoms with Crippen molar-refractivity contribution in [2.75, 3.05) is 28.4 Å². The lowest BCUT2D eigenvalue weighted by Crippen LogP contribution is -1.99. The maximum absolute atomic E-state index is 10.9. The number of esters is 2. The van der Waals surface area contributed by atoms with Crippen molar-refractivity contribution < 1.29 is 28.5 Å². The average Bonchev–Trinajstić information content (AvgIpc) is 2.84. The largest absolute Gasteiger partial charge is 0.497 e. The van der Waals surface area contributed by atoms with Crippen molar-refractivity contribution in [2.24, 2.45) is 0 Å². The Morgan fingerprint density at radius 2 is 1.48 bits per heavy atom. The SMILES string of the molecule is C.COC(=O)/C=C/C=C/c1cccc(OC)c1.COC(=O)CCCCc1cccc(OC)c1. The van der Waals surface area contributed by atoms with Crippen LogP contribution >= 0.6 is 0 Å². The topological polar surface area (TPSA) is 71.1 Å². The molecule has 0 saturated heterocycles. The van der Waals surface area contributed by atoms with Crippen LogP contribution in [0.1, 0.15) is 37.8 Å². The van der Waals surface area contributed by atoms with Crippen molar-refractivity contribution in [3.05, 3.63) is 77.9 Å². The summed E-state index contributed by atoms with van der Waals surface area (Å²) in [5.74, 6) is 1.19. The number of hydrogen-bond acceptors (Lipinski definition) is 6. The first kappa shape index (κ1) is 29.5. The van der Waals surface area contributed by atoms with E-state index in [4.69, 9.17) is 9.47 Å². The van der Waals surface area contributed by atoms with E-state index in [-0.39, 0.29) is 19.4 Å². The van der Waals surface area contributed by atoms with Gasteiger partial charge in [-0.2, -0.15) is 0 Å². The van der Waals surface area contributed by atoms with Gasteiger partial charge in [0.05, 0.1) is 28.4 Å². The van der Waals surface area contributed by atoms with Gasteiger partial charge < -0.3 is 18.9 Å². The van der Waals surface area contributed by atoms with E-state index in [1.807, 2.05) is 48.5 Å². The molecule has 0 heterocycles. The van der Waals surface area contributed by atoms with Crippen LogP contribution in [-0.4, -0.2) is 40.4 Å². The number of benzene rings is 2. The van der Waals surface area contributed by atoms with E-state index in [1.165, 1.54) is 25.9 Å². The van der Waals surface area contributed by atoms with Gasteiger partial charge >= 0.3 is 11.9 Å². The first-order valence-electron chi connectivity index (χ1n) is 10.3. The Morgan fingerprint density at radius 1 is 0.818 bits per heavy atom. The fourth-order valence-electron chi connectivity index (χ4n) is 2.64. The average molecular weight is 457 g/mol. The van der Waals surface area contributed by atoms with Gasteiger partial charge in [0.2, 0.25) is 0 Å². The highest BCUT2D eigenvalue weighted by molar-refractivity contribution is 5.82. The molecule has 0 aliphatic rings. The summed E-state index contributed by atoms with van der Waals surface area (Å²) in [7, 11) is 6.05. The second-order valence-electron chi connectivity index (χ2n) is 6.65. The Bertz CT molecular complexity index is 886. The normalized spacial score (nSPS) is 10.1. The van der Waals surface area contributed by atoms with Crippen molar-refractivity contribution in [3.63, 3.8) is 0 Å². The highest BCUT2D eigenvalue weighted by Gasteiger charge is 2.00.